The van der Waals surface area contributed by atoms with E-state index in [0.717, 1.165) is 11.3 Å². The van der Waals surface area contributed by atoms with Gasteiger partial charge in [0.2, 0.25) is 0 Å². The standard InChI is InChI=1S/C15H21ClN4O/c1-10-6-11(2)8-12(7-10)14(19-17)15-13(16)9-18-20(15)4-5-21-3/h6-9,14,19H,4-5,17H2,1-3H3. The number of methoxy groups -OCH3 is 1. The van der Waals surface area contributed by atoms with E-state index in [1.807, 2.05) is 4.68 Å². The second-order valence-electron chi connectivity index (χ2n) is 5.11. The van der Waals surface area contributed by atoms with Gasteiger partial charge in [0, 0.05) is 7.11 Å². The number of ether oxygens (including phenoxy) is 1. The van der Waals surface area contributed by atoms with Crippen molar-refractivity contribution in [2.24, 2.45) is 5.84 Å². The van der Waals surface area contributed by atoms with Crippen molar-refractivity contribution in [3.8, 4) is 0 Å². The maximum Gasteiger partial charge on any atom is 0.0893 e. The number of rotatable bonds is 6. The van der Waals surface area contributed by atoms with Crippen molar-refractivity contribution in [1.29, 1.82) is 0 Å². The van der Waals surface area contributed by atoms with Crippen LogP contribution in [-0.2, 0) is 11.3 Å². The lowest BCUT2D eigenvalue weighted by Crippen LogP contribution is -2.31. The molecule has 1 aromatic carbocycles. The summed E-state index contributed by atoms with van der Waals surface area (Å²) in [5, 5.41) is 4.89. The molecule has 3 N–H and O–H groups in total. The summed E-state index contributed by atoms with van der Waals surface area (Å²) < 4.78 is 6.94. The fourth-order valence-electron chi connectivity index (χ4n) is 2.52. The highest BCUT2D eigenvalue weighted by Crippen LogP contribution is 2.29. The average molecular weight is 309 g/mol. The van der Waals surface area contributed by atoms with E-state index in [9.17, 15) is 0 Å². The molecular weight excluding hydrogens is 288 g/mol. The van der Waals surface area contributed by atoms with Crippen molar-refractivity contribution in [3.63, 3.8) is 0 Å². The van der Waals surface area contributed by atoms with Crippen LogP contribution in [0.25, 0.3) is 0 Å². The highest BCUT2D eigenvalue weighted by atomic mass is 35.5. The maximum absolute atomic E-state index is 6.31. The largest absolute Gasteiger partial charge is 0.383 e. The summed E-state index contributed by atoms with van der Waals surface area (Å²) in [6.45, 7) is 5.32. The number of aromatic nitrogens is 2. The number of benzene rings is 1. The molecule has 0 spiro atoms. The van der Waals surface area contributed by atoms with Crippen LogP contribution in [0.4, 0.5) is 0 Å². The molecule has 6 heteroatoms. The summed E-state index contributed by atoms with van der Waals surface area (Å²) >= 11 is 6.31. The van der Waals surface area contributed by atoms with Gasteiger partial charge in [0.25, 0.3) is 0 Å². The van der Waals surface area contributed by atoms with Gasteiger partial charge in [0.15, 0.2) is 0 Å². The fourth-order valence-corrected chi connectivity index (χ4v) is 2.77. The Bertz CT molecular complexity index is 591. The number of nitrogens with zero attached hydrogens (tertiary/aromatic N) is 2. The van der Waals surface area contributed by atoms with Crippen molar-refractivity contribution >= 4 is 11.6 Å². The monoisotopic (exact) mass is 308 g/mol. The quantitative estimate of drug-likeness (QED) is 0.635. The zero-order valence-corrected chi connectivity index (χ0v) is 13.3. The van der Waals surface area contributed by atoms with Crippen LogP contribution >= 0.6 is 11.6 Å². The molecule has 0 fully saturated rings. The molecule has 0 aliphatic heterocycles. The lowest BCUT2D eigenvalue weighted by atomic mass is 9.99. The summed E-state index contributed by atoms with van der Waals surface area (Å²) in [7, 11) is 1.66. The van der Waals surface area contributed by atoms with Crippen molar-refractivity contribution in [3.05, 3.63) is 51.8 Å². The topological polar surface area (TPSA) is 65.1 Å². The minimum Gasteiger partial charge on any atom is -0.383 e. The minimum atomic E-state index is -0.213. The van der Waals surface area contributed by atoms with Crippen LogP contribution in [0.1, 0.15) is 28.4 Å². The molecule has 0 aliphatic carbocycles. The molecule has 0 amide bonds. The Morgan fingerprint density at radius 3 is 2.57 bits per heavy atom. The van der Waals surface area contributed by atoms with Gasteiger partial charge in [0.05, 0.1) is 36.1 Å². The number of halogens is 1. The number of aryl methyl sites for hydroxylation is 2. The first-order chi connectivity index (χ1) is 10.1. The third-order valence-electron chi connectivity index (χ3n) is 3.36. The van der Waals surface area contributed by atoms with E-state index in [-0.39, 0.29) is 6.04 Å². The summed E-state index contributed by atoms with van der Waals surface area (Å²) in [5.74, 6) is 5.78. The van der Waals surface area contributed by atoms with Crippen molar-refractivity contribution in [2.45, 2.75) is 26.4 Å². The van der Waals surface area contributed by atoms with Crippen LogP contribution in [0.3, 0.4) is 0 Å². The predicted molar refractivity (Wildman–Crippen MR) is 84.2 cm³/mol. The van der Waals surface area contributed by atoms with Crippen molar-refractivity contribution in [1.82, 2.24) is 15.2 Å². The second kappa shape index (κ2) is 7.04. The molecule has 1 atom stereocenters. The van der Waals surface area contributed by atoms with Gasteiger partial charge in [-0.05, 0) is 19.4 Å². The Morgan fingerprint density at radius 1 is 1.33 bits per heavy atom. The molecule has 5 nitrogen and oxygen atoms in total. The molecule has 0 bridgehead atoms. The van der Waals surface area contributed by atoms with Crippen LogP contribution < -0.4 is 11.3 Å². The third kappa shape index (κ3) is 3.63. The molecule has 2 aromatic rings. The van der Waals surface area contributed by atoms with Crippen molar-refractivity contribution in [2.75, 3.05) is 13.7 Å². The summed E-state index contributed by atoms with van der Waals surface area (Å²) in [4.78, 5) is 0. The van der Waals surface area contributed by atoms with Gasteiger partial charge >= 0.3 is 0 Å². The van der Waals surface area contributed by atoms with Gasteiger partial charge in [0.1, 0.15) is 0 Å². The van der Waals surface area contributed by atoms with E-state index in [0.29, 0.717) is 18.2 Å². The van der Waals surface area contributed by atoms with Crippen molar-refractivity contribution < 1.29 is 4.74 Å². The molecule has 1 heterocycles. The van der Waals surface area contributed by atoms with Crippen LogP contribution in [0, 0.1) is 13.8 Å². The molecule has 0 saturated heterocycles. The zero-order valence-electron chi connectivity index (χ0n) is 12.6. The van der Waals surface area contributed by atoms with E-state index in [2.05, 4.69) is 42.6 Å². The molecule has 0 aliphatic rings. The maximum atomic E-state index is 6.31. The lowest BCUT2D eigenvalue weighted by molar-refractivity contribution is 0.182. The number of hydrogen-bond acceptors (Lipinski definition) is 4. The summed E-state index contributed by atoms with van der Waals surface area (Å²) in [5.41, 5.74) is 7.13. The molecular formula is C15H21ClN4O. The number of hydrogen-bond donors (Lipinski definition) is 2. The molecule has 1 unspecified atom stereocenters. The van der Waals surface area contributed by atoms with Crippen LogP contribution in [0.15, 0.2) is 24.4 Å². The second-order valence-corrected chi connectivity index (χ2v) is 5.52. The van der Waals surface area contributed by atoms with Gasteiger partial charge < -0.3 is 4.74 Å². The Balaban J connectivity index is 2.43. The highest BCUT2D eigenvalue weighted by Gasteiger charge is 2.21. The first-order valence-electron chi connectivity index (χ1n) is 6.81. The molecule has 0 saturated carbocycles. The lowest BCUT2D eigenvalue weighted by Gasteiger charge is -2.20. The molecule has 1 aromatic heterocycles. The van der Waals surface area contributed by atoms with Gasteiger partial charge in [-0.3, -0.25) is 10.5 Å². The SMILES string of the molecule is COCCn1ncc(Cl)c1C(NN)c1cc(C)cc(C)c1. The van der Waals surface area contributed by atoms with Gasteiger partial charge in [-0.25, -0.2) is 5.43 Å². The Kier molecular flexibility index (Phi) is 5.36. The van der Waals surface area contributed by atoms with Crippen LogP contribution in [0.2, 0.25) is 5.02 Å². The predicted octanol–water partition coefficient (Wildman–Crippen LogP) is 2.35. The molecule has 21 heavy (non-hydrogen) atoms. The van der Waals surface area contributed by atoms with Crippen LogP contribution in [0.5, 0.6) is 0 Å². The van der Waals surface area contributed by atoms with E-state index >= 15 is 0 Å². The van der Waals surface area contributed by atoms with E-state index < -0.39 is 0 Å². The zero-order chi connectivity index (χ0) is 15.4. The summed E-state index contributed by atoms with van der Waals surface area (Å²) in [6.07, 6.45) is 1.64. The molecule has 2 rings (SSSR count). The summed E-state index contributed by atoms with van der Waals surface area (Å²) in [6, 6.07) is 6.11. The van der Waals surface area contributed by atoms with E-state index in [1.54, 1.807) is 13.3 Å². The Morgan fingerprint density at radius 2 is 2.00 bits per heavy atom. The first-order valence-corrected chi connectivity index (χ1v) is 7.19. The molecule has 114 valence electrons. The van der Waals surface area contributed by atoms with E-state index in [4.69, 9.17) is 22.2 Å². The smallest absolute Gasteiger partial charge is 0.0893 e. The highest BCUT2D eigenvalue weighted by molar-refractivity contribution is 6.31. The number of nitrogens with one attached hydrogen (secondary N) is 1. The third-order valence-corrected chi connectivity index (χ3v) is 3.65. The van der Waals surface area contributed by atoms with E-state index in [1.165, 1.54) is 11.1 Å². The Labute approximate surface area is 130 Å². The van der Waals surface area contributed by atoms with Crippen LogP contribution in [-0.4, -0.2) is 23.5 Å². The Hall–Kier alpha value is -1.40. The van der Waals surface area contributed by atoms with Gasteiger partial charge in [-0.15, -0.1) is 0 Å². The average Bonchev–Trinajstić information content (AvgIpc) is 2.78. The molecule has 0 radical (unpaired) electrons. The first kappa shape index (κ1) is 16.0. The normalized spacial score (nSPS) is 12.6. The fraction of sp³-hybridized carbons (Fsp3) is 0.400. The van der Waals surface area contributed by atoms with Gasteiger partial charge in [-0.2, -0.15) is 5.10 Å². The number of hydrazine groups is 1. The number of nitrogens with two attached hydrogens (primary N) is 1. The van der Waals surface area contributed by atoms with Gasteiger partial charge in [-0.1, -0.05) is 40.9 Å². The minimum absolute atomic E-state index is 0.213.